The number of fused-ring (bicyclic) bond motifs is 1. The lowest BCUT2D eigenvalue weighted by atomic mass is 9.85. The third-order valence-corrected chi connectivity index (χ3v) is 5.88. The van der Waals surface area contributed by atoms with E-state index in [-0.39, 0.29) is 16.5 Å². The Labute approximate surface area is 154 Å². The van der Waals surface area contributed by atoms with E-state index in [1.165, 1.54) is 22.8 Å². The van der Waals surface area contributed by atoms with E-state index in [0.29, 0.717) is 11.6 Å². The van der Waals surface area contributed by atoms with E-state index in [4.69, 9.17) is 5.14 Å². The highest BCUT2D eigenvalue weighted by atomic mass is 32.2. The number of rotatable bonds is 4. The van der Waals surface area contributed by atoms with Gasteiger partial charge in [-0.05, 0) is 54.0 Å². The molecule has 0 unspecified atom stereocenters. The quantitative estimate of drug-likeness (QED) is 0.856. The van der Waals surface area contributed by atoms with Crippen LogP contribution in [0.4, 0.5) is 5.69 Å². The summed E-state index contributed by atoms with van der Waals surface area (Å²) < 4.78 is 23.5. The van der Waals surface area contributed by atoms with Crippen LogP contribution in [0, 0.1) is 11.3 Å². The van der Waals surface area contributed by atoms with Gasteiger partial charge in [-0.3, -0.25) is 0 Å². The Bertz CT molecular complexity index is 975. The summed E-state index contributed by atoms with van der Waals surface area (Å²) in [7, 11) is -3.95. The Morgan fingerprint density at radius 1 is 1.27 bits per heavy atom. The lowest BCUT2D eigenvalue weighted by molar-refractivity contribution is 0.595. The molecule has 1 atom stereocenters. The zero-order chi connectivity index (χ0) is 18.9. The van der Waals surface area contributed by atoms with Crippen LogP contribution in [0.15, 0.2) is 41.3 Å². The minimum Gasteiger partial charge on any atom is -0.377 e. The number of hydrogen-bond acceptors (Lipinski definition) is 4. The molecule has 2 aromatic carbocycles. The molecule has 0 heterocycles. The lowest BCUT2D eigenvalue weighted by Gasteiger charge is -2.29. The predicted octanol–water partition coefficient (Wildman–Crippen LogP) is 3.82. The zero-order valence-electron chi connectivity index (χ0n) is 15.0. The van der Waals surface area contributed by atoms with Gasteiger partial charge in [-0.2, -0.15) is 5.26 Å². The predicted molar refractivity (Wildman–Crippen MR) is 102 cm³/mol. The molecule has 3 N–H and O–H groups in total. The Morgan fingerprint density at radius 3 is 2.69 bits per heavy atom. The van der Waals surface area contributed by atoms with Gasteiger partial charge in [0.1, 0.15) is 11.0 Å². The van der Waals surface area contributed by atoms with Crippen molar-refractivity contribution in [2.45, 2.75) is 50.0 Å². The monoisotopic (exact) mass is 369 g/mol. The van der Waals surface area contributed by atoms with Crippen molar-refractivity contribution in [3.05, 3.63) is 58.7 Å². The van der Waals surface area contributed by atoms with E-state index in [2.05, 4.69) is 37.4 Å². The minimum atomic E-state index is -3.95. The zero-order valence-corrected chi connectivity index (χ0v) is 15.8. The van der Waals surface area contributed by atoms with Gasteiger partial charge in [-0.15, -0.1) is 0 Å². The fourth-order valence-corrected chi connectivity index (χ4v) is 4.23. The first kappa shape index (κ1) is 18.4. The number of nitriles is 1. The molecule has 26 heavy (non-hydrogen) atoms. The molecule has 136 valence electrons. The maximum absolute atomic E-state index is 11.8. The van der Waals surface area contributed by atoms with Gasteiger partial charge in [0.15, 0.2) is 0 Å². The van der Waals surface area contributed by atoms with Crippen molar-refractivity contribution in [2.24, 2.45) is 5.14 Å². The number of sulfonamides is 1. The Hall–Kier alpha value is -2.36. The number of benzene rings is 2. The van der Waals surface area contributed by atoms with Crippen molar-refractivity contribution in [1.82, 2.24) is 0 Å². The number of aryl methyl sites for hydroxylation is 1. The lowest BCUT2D eigenvalue weighted by Crippen LogP contribution is -2.20. The highest BCUT2D eigenvalue weighted by Gasteiger charge is 2.23. The average Bonchev–Trinajstić information content (AvgIpc) is 2.60. The van der Waals surface area contributed by atoms with Gasteiger partial charge in [0.2, 0.25) is 10.0 Å². The van der Waals surface area contributed by atoms with Crippen LogP contribution >= 0.6 is 0 Å². The second-order valence-electron chi connectivity index (χ2n) is 7.04. The first-order valence-electron chi connectivity index (χ1n) is 8.76. The van der Waals surface area contributed by atoms with E-state index >= 15 is 0 Å². The van der Waals surface area contributed by atoms with Crippen molar-refractivity contribution in [3.8, 4) is 6.07 Å². The van der Waals surface area contributed by atoms with Crippen LogP contribution in [0.25, 0.3) is 0 Å². The summed E-state index contributed by atoms with van der Waals surface area (Å²) in [6.07, 6.45) is 3.01. The van der Waals surface area contributed by atoms with Crippen molar-refractivity contribution in [2.75, 3.05) is 5.32 Å². The summed E-state index contributed by atoms with van der Waals surface area (Å²) in [6.45, 7) is 4.33. The first-order chi connectivity index (χ1) is 12.3. The van der Waals surface area contributed by atoms with Gasteiger partial charge >= 0.3 is 0 Å². The maximum atomic E-state index is 11.8. The highest BCUT2D eigenvalue weighted by molar-refractivity contribution is 7.89. The fraction of sp³-hybridized carbons (Fsp3) is 0.350. The smallest absolute Gasteiger partial charge is 0.239 e. The molecule has 0 aromatic heterocycles. The van der Waals surface area contributed by atoms with Crippen LogP contribution in [-0.4, -0.2) is 8.42 Å². The van der Waals surface area contributed by atoms with E-state index in [1.54, 1.807) is 12.1 Å². The van der Waals surface area contributed by atoms with Crippen molar-refractivity contribution in [1.29, 1.82) is 5.26 Å². The van der Waals surface area contributed by atoms with Gasteiger partial charge in [0, 0.05) is 0 Å². The molecule has 3 rings (SSSR count). The van der Waals surface area contributed by atoms with Crippen LogP contribution in [0.2, 0.25) is 0 Å². The van der Waals surface area contributed by atoms with E-state index < -0.39 is 10.0 Å². The number of primary sulfonamides is 1. The minimum absolute atomic E-state index is 0.0419. The summed E-state index contributed by atoms with van der Waals surface area (Å²) >= 11 is 0. The molecular formula is C20H23N3O2S. The SMILES string of the molecule is CC(C)c1ccc2c(c1)[C@H](Nc1cccc(S(N)(=O)=O)c1C#N)CCC2. The summed E-state index contributed by atoms with van der Waals surface area (Å²) in [5.74, 6) is 0.434. The summed E-state index contributed by atoms with van der Waals surface area (Å²) in [5, 5.41) is 18.1. The van der Waals surface area contributed by atoms with Crippen LogP contribution in [-0.2, 0) is 16.4 Å². The molecule has 0 bridgehead atoms. The molecule has 0 fully saturated rings. The number of anilines is 1. The number of hydrogen-bond donors (Lipinski definition) is 2. The maximum Gasteiger partial charge on any atom is 0.239 e. The summed E-state index contributed by atoms with van der Waals surface area (Å²) in [6, 6.07) is 13.3. The van der Waals surface area contributed by atoms with Gasteiger partial charge in [-0.1, -0.05) is 38.1 Å². The molecule has 0 spiro atoms. The summed E-state index contributed by atoms with van der Waals surface area (Å²) in [4.78, 5) is -0.142. The largest absolute Gasteiger partial charge is 0.377 e. The fourth-order valence-electron chi connectivity index (χ4n) is 3.52. The van der Waals surface area contributed by atoms with Crippen LogP contribution in [0.5, 0.6) is 0 Å². The molecular weight excluding hydrogens is 346 g/mol. The molecule has 0 saturated heterocycles. The Kier molecular flexibility index (Phi) is 5.03. The van der Waals surface area contributed by atoms with Crippen LogP contribution in [0.1, 0.15) is 60.9 Å². The topological polar surface area (TPSA) is 96.0 Å². The molecule has 0 amide bonds. The molecule has 0 saturated carbocycles. The van der Waals surface area contributed by atoms with E-state index in [1.807, 2.05) is 6.07 Å². The number of nitrogens with two attached hydrogens (primary N) is 1. The number of nitrogens with zero attached hydrogens (tertiary/aromatic N) is 1. The number of nitrogens with one attached hydrogen (secondary N) is 1. The second kappa shape index (κ2) is 7.10. The van der Waals surface area contributed by atoms with Crippen LogP contribution in [0.3, 0.4) is 0 Å². The molecule has 0 aliphatic heterocycles. The first-order valence-corrected chi connectivity index (χ1v) is 10.3. The van der Waals surface area contributed by atoms with Gasteiger partial charge < -0.3 is 5.32 Å². The average molecular weight is 369 g/mol. The van der Waals surface area contributed by atoms with Crippen molar-refractivity contribution in [3.63, 3.8) is 0 Å². The van der Waals surface area contributed by atoms with E-state index in [0.717, 1.165) is 19.3 Å². The molecule has 1 aliphatic rings. The third-order valence-electron chi connectivity index (χ3n) is 4.93. The molecule has 2 aromatic rings. The molecule has 5 nitrogen and oxygen atoms in total. The van der Waals surface area contributed by atoms with Gasteiger partial charge in [0.05, 0.1) is 17.3 Å². The standard InChI is InChI=1S/C20H23N3O2S/c1-13(2)15-10-9-14-5-3-6-18(16(14)11-15)23-19-7-4-8-20(17(19)12-21)26(22,24)25/h4,7-11,13,18,23H,3,5-6H2,1-2H3,(H2,22,24,25)/t18-/m1/s1. The Balaban J connectivity index is 2.02. The van der Waals surface area contributed by atoms with Gasteiger partial charge in [-0.25, -0.2) is 13.6 Å². The van der Waals surface area contributed by atoms with Gasteiger partial charge in [0.25, 0.3) is 0 Å². The van der Waals surface area contributed by atoms with Crippen LogP contribution < -0.4 is 10.5 Å². The molecule has 0 radical (unpaired) electrons. The summed E-state index contributed by atoms with van der Waals surface area (Å²) in [5.41, 5.74) is 4.39. The Morgan fingerprint density at radius 2 is 2.04 bits per heavy atom. The van der Waals surface area contributed by atoms with Crippen molar-refractivity contribution < 1.29 is 8.42 Å². The normalized spacial score (nSPS) is 16.8. The van der Waals surface area contributed by atoms with E-state index in [9.17, 15) is 13.7 Å². The van der Waals surface area contributed by atoms with Crippen molar-refractivity contribution >= 4 is 15.7 Å². The molecule has 6 heteroatoms. The second-order valence-corrected chi connectivity index (χ2v) is 8.57. The third kappa shape index (κ3) is 3.59. The molecule has 1 aliphatic carbocycles. The highest BCUT2D eigenvalue weighted by Crippen LogP contribution is 2.35.